The Morgan fingerprint density at radius 2 is 1.61 bits per heavy atom. The molecule has 9 heteroatoms. The summed E-state index contributed by atoms with van der Waals surface area (Å²) in [5.41, 5.74) is 3.12. The molecular weight excluding hydrogens is 630 g/mol. The molecule has 1 aliphatic rings. The van der Waals surface area contributed by atoms with Gasteiger partial charge in [-0.3, -0.25) is 0 Å². The molecule has 33 heavy (non-hydrogen) atoms. The molecule has 1 heterocycles. The van der Waals surface area contributed by atoms with E-state index in [1.54, 1.807) is 0 Å². The van der Waals surface area contributed by atoms with Crippen molar-refractivity contribution >= 4 is 93.2 Å². The van der Waals surface area contributed by atoms with E-state index in [1.165, 1.54) is 11.1 Å². The highest BCUT2D eigenvalue weighted by atomic mass is 79.9. The molecule has 2 aromatic carbocycles. The fraction of sp³-hybridized carbons (Fsp3) is 0.333. The average molecular weight is 656 g/mol. The predicted molar refractivity (Wildman–Crippen MR) is 155 cm³/mol. The van der Waals surface area contributed by atoms with E-state index >= 15 is 0 Å². The van der Waals surface area contributed by atoms with Crippen molar-refractivity contribution in [1.29, 1.82) is 0 Å². The number of rotatable bonds is 5. The molecule has 3 aromatic rings. The van der Waals surface area contributed by atoms with Crippen molar-refractivity contribution in [1.82, 2.24) is 10.3 Å². The first-order valence-electron chi connectivity index (χ1n) is 10.9. The normalized spacial score (nSPS) is 18.1. The number of pyridine rings is 1. The van der Waals surface area contributed by atoms with Gasteiger partial charge in [-0.05, 0) is 88.0 Å². The van der Waals surface area contributed by atoms with E-state index in [-0.39, 0.29) is 0 Å². The van der Waals surface area contributed by atoms with Gasteiger partial charge in [-0.1, -0.05) is 34.1 Å². The van der Waals surface area contributed by atoms with Gasteiger partial charge < -0.3 is 20.9 Å². The zero-order chi connectivity index (χ0) is 23.5. The van der Waals surface area contributed by atoms with E-state index < -0.39 is 0 Å². The zero-order valence-electron chi connectivity index (χ0n) is 18.5. The van der Waals surface area contributed by atoms with Crippen LogP contribution in [0.3, 0.4) is 0 Å². The quantitative estimate of drug-likeness (QED) is 0.251. The minimum absolute atomic E-state index is 0.359. The lowest BCUT2D eigenvalue weighted by atomic mass is 9.91. The van der Waals surface area contributed by atoms with Crippen LogP contribution in [0.2, 0.25) is 0 Å². The van der Waals surface area contributed by atoms with Crippen molar-refractivity contribution in [2.24, 2.45) is 0 Å². The smallest absolute Gasteiger partial charge is 0.171 e. The van der Waals surface area contributed by atoms with Crippen LogP contribution in [0.4, 0.5) is 17.2 Å². The first-order valence-corrected chi connectivity index (χ1v) is 13.6. The van der Waals surface area contributed by atoms with Crippen molar-refractivity contribution in [2.75, 3.05) is 29.6 Å². The third kappa shape index (κ3) is 6.18. The number of nitrogens with one attached hydrogen (secondary N) is 3. The number of hydrogen-bond acceptors (Lipinski definition) is 4. The van der Waals surface area contributed by atoms with E-state index in [0.717, 1.165) is 56.1 Å². The fourth-order valence-electron chi connectivity index (χ4n) is 4.19. The van der Waals surface area contributed by atoms with Gasteiger partial charge in [-0.25, -0.2) is 4.98 Å². The molecule has 1 fully saturated rings. The third-order valence-electron chi connectivity index (χ3n) is 5.84. The zero-order valence-corrected chi connectivity index (χ0v) is 24.0. The third-order valence-corrected chi connectivity index (χ3v) is 7.76. The Bertz CT molecular complexity index is 1140. The molecule has 0 unspecified atom stereocenters. The summed E-state index contributed by atoms with van der Waals surface area (Å²) in [5, 5.41) is 12.3. The summed E-state index contributed by atoms with van der Waals surface area (Å²) in [4.78, 5) is 7.00. The van der Waals surface area contributed by atoms with Crippen LogP contribution >= 0.6 is 60.0 Å². The fourth-order valence-corrected chi connectivity index (χ4v) is 6.91. The Morgan fingerprint density at radius 3 is 2.27 bits per heavy atom. The van der Waals surface area contributed by atoms with E-state index in [1.807, 2.05) is 18.2 Å². The van der Waals surface area contributed by atoms with Gasteiger partial charge >= 0.3 is 0 Å². The molecule has 0 amide bonds. The molecule has 1 saturated carbocycles. The minimum Gasteiger partial charge on any atom is -0.377 e. The van der Waals surface area contributed by atoms with Crippen LogP contribution in [0, 0.1) is 0 Å². The maximum Gasteiger partial charge on any atom is 0.171 e. The highest BCUT2D eigenvalue weighted by Gasteiger charge is 2.23. The Labute approximate surface area is 225 Å². The highest BCUT2D eigenvalue weighted by molar-refractivity contribution is 9.11. The largest absolute Gasteiger partial charge is 0.377 e. The van der Waals surface area contributed by atoms with Crippen molar-refractivity contribution in [3.63, 3.8) is 0 Å². The van der Waals surface area contributed by atoms with E-state index in [4.69, 9.17) is 17.2 Å². The van der Waals surface area contributed by atoms with Crippen LogP contribution in [-0.4, -0.2) is 36.3 Å². The minimum atomic E-state index is 0.359. The van der Waals surface area contributed by atoms with Crippen molar-refractivity contribution in [3.8, 4) is 0 Å². The predicted octanol–water partition coefficient (Wildman–Crippen LogP) is 7.30. The number of thiocarbonyl (C=S) groups is 1. The summed E-state index contributed by atoms with van der Waals surface area (Å²) in [7, 11) is 4.15. The van der Waals surface area contributed by atoms with E-state index in [0.29, 0.717) is 17.2 Å². The van der Waals surface area contributed by atoms with Gasteiger partial charge in [0.05, 0.1) is 11.2 Å². The number of nitrogens with zero attached hydrogens (tertiary/aromatic N) is 2. The van der Waals surface area contributed by atoms with Gasteiger partial charge in [0.25, 0.3) is 0 Å². The number of halogens is 3. The van der Waals surface area contributed by atoms with E-state index in [2.05, 4.69) is 107 Å². The summed E-state index contributed by atoms with van der Waals surface area (Å²) in [6, 6.07) is 15.2. The second kappa shape index (κ2) is 10.9. The maximum atomic E-state index is 5.58. The molecule has 0 atom stereocenters. The summed E-state index contributed by atoms with van der Waals surface area (Å²) < 4.78 is 2.89. The molecule has 1 aromatic heterocycles. The molecule has 0 radical (unpaired) electrons. The van der Waals surface area contributed by atoms with Crippen molar-refractivity contribution < 1.29 is 0 Å². The molecule has 3 N–H and O–H groups in total. The number of anilines is 3. The maximum absolute atomic E-state index is 5.58. The monoisotopic (exact) mass is 653 g/mol. The van der Waals surface area contributed by atoms with Gasteiger partial charge in [-0.2, -0.15) is 0 Å². The topological polar surface area (TPSA) is 52.2 Å². The Hall–Kier alpha value is -1.42. The summed E-state index contributed by atoms with van der Waals surface area (Å²) in [6.45, 7) is 0. The number of aromatic nitrogens is 1. The summed E-state index contributed by atoms with van der Waals surface area (Å²) in [6.07, 6.45) is 4.24. The number of fused-ring (bicyclic) bond motifs is 1. The van der Waals surface area contributed by atoms with Crippen LogP contribution in [0.15, 0.2) is 55.9 Å². The second-order valence-corrected chi connectivity index (χ2v) is 11.5. The Morgan fingerprint density at radius 1 is 0.970 bits per heavy atom. The number of hydrogen-bond donors (Lipinski definition) is 3. The summed E-state index contributed by atoms with van der Waals surface area (Å²) in [5.74, 6) is 0.941. The van der Waals surface area contributed by atoms with Crippen LogP contribution in [-0.2, 0) is 0 Å². The van der Waals surface area contributed by atoms with Gasteiger partial charge in [0.1, 0.15) is 5.82 Å². The SMILES string of the molecule is CN(C)c1cc(N[C@H]2CC[C@@H](NC(=S)Nc3c(Br)cc(Br)cc3Br)CC2)nc2ccccc12. The lowest BCUT2D eigenvalue weighted by Gasteiger charge is -2.31. The van der Waals surface area contributed by atoms with Crippen LogP contribution in [0.5, 0.6) is 0 Å². The lowest BCUT2D eigenvalue weighted by Crippen LogP contribution is -2.42. The lowest BCUT2D eigenvalue weighted by molar-refractivity contribution is 0.388. The molecule has 0 aliphatic heterocycles. The molecule has 0 bridgehead atoms. The molecular formula is C24H26Br3N5S. The molecule has 4 rings (SSSR count). The van der Waals surface area contributed by atoms with Gasteiger partial charge in [-0.15, -0.1) is 0 Å². The molecule has 0 spiro atoms. The molecule has 1 aliphatic carbocycles. The van der Waals surface area contributed by atoms with Crippen molar-refractivity contribution in [3.05, 3.63) is 55.9 Å². The number of benzene rings is 2. The van der Waals surface area contributed by atoms with Crippen LogP contribution < -0.4 is 20.9 Å². The Balaban J connectivity index is 1.34. The van der Waals surface area contributed by atoms with Crippen LogP contribution in [0.25, 0.3) is 10.9 Å². The van der Waals surface area contributed by atoms with Crippen LogP contribution in [0.1, 0.15) is 25.7 Å². The Kier molecular flexibility index (Phi) is 8.15. The first kappa shape index (κ1) is 24.7. The molecule has 5 nitrogen and oxygen atoms in total. The average Bonchev–Trinajstić information content (AvgIpc) is 2.77. The number of para-hydroxylation sites is 1. The standard InChI is InChI=1S/C24H26Br3N5S/c1-32(2)21-13-22(30-20-6-4-3-5-17(20)21)28-15-7-9-16(10-8-15)29-24(33)31-23-18(26)11-14(25)12-19(23)27/h3-6,11-13,15-16H,7-10H2,1-2H3,(H,28,30)(H2,29,31,33)/t15-,16+. The van der Waals surface area contributed by atoms with Gasteiger partial charge in [0.2, 0.25) is 0 Å². The van der Waals surface area contributed by atoms with E-state index in [9.17, 15) is 0 Å². The second-order valence-electron chi connectivity index (χ2n) is 8.47. The molecule has 174 valence electrons. The molecule has 0 saturated heterocycles. The van der Waals surface area contributed by atoms with Gasteiger partial charge in [0, 0.05) is 56.7 Å². The van der Waals surface area contributed by atoms with Crippen molar-refractivity contribution in [2.45, 2.75) is 37.8 Å². The highest BCUT2D eigenvalue weighted by Crippen LogP contribution is 2.34. The summed E-state index contributed by atoms with van der Waals surface area (Å²) >= 11 is 16.3. The first-order chi connectivity index (χ1) is 15.8. The van der Waals surface area contributed by atoms with Gasteiger partial charge in [0.15, 0.2) is 5.11 Å².